The maximum Gasteiger partial charge on any atom is 0.416 e. The molecule has 2 aromatic carbocycles. The van der Waals surface area contributed by atoms with Crippen LogP contribution >= 0.6 is 0 Å². The molecule has 0 amide bonds. The number of anilines is 1. The van der Waals surface area contributed by atoms with Gasteiger partial charge in [-0.25, -0.2) is 0 Å². The third kappa shape index (κ3) is 5.04. The molecule has 0 spiro atoms. The van der Waals surface area contributed by atoms with E-state index in [4.69, 9.17) is 0 Å². The summed E-state index contributed by atoms with van der Waals surface area (Å²) in [4.78, 5) is 0. The number of fused-ring (bicyclic) bond motifs is 1. The summed E-state index contributed by atoms with van der Waals surface area (Å²) in [5.74, 6) is 0. The van der Waals surface area contributed by atoms with Crippen molar-refractivity contribution in [2.75, 3.05) is 5.32 Å². The molecule has 156 valence electrons. The van der Waals surface area contributed by atoms with Crippen LogP contribution < -0.4 is 5.32 Å². The van der Waals surface area contributed by atoms with Crippen molar-refractivity contribution in [2.24, 2.45) is 0 Å². The highest BCUT2D eigenvalue weighted by Gasteiger charge is 2.33. The summed E-state index contributed by atoms with van der Waals surface area (Å²) >= 11 is 0. The maximum absolute atomic E-state index is 13.1. The maximum atomic E-state index is 13.1. The number of halogens is 3. The molecule has 0 aliphatic heterocycles. The molecule has 0 heterocycles. The lowest BCUT2D eigenvalue weighted by Crippen LogP contribution is -2.24. The Morgan fingerprint density at radius 1 is 0.897 bits per heavy atom. The SMILES string of the molecule is CC(C)(C)c1ccc(N/C2=C/CCc3cc(C(F)(F)F)ccc3C(C)(C)C2)cc1. The van der Waals surface area contributed by atoms with E-state index in [1.165, 1.54) is 17.7 Å². The molecule has 0 unspecified atom stereocenters. The lowest BCUT2D eigenvalue weighted by atomic mass is 9.75. The van der Waals surface area contributed by atoms with Crippen LogP contribution in [0, 0.1) is 0 Å². The molecule has 0 saturated carbocycles. The van der Waals surface area contributed by atoms with Crippen molar-refractivity contribution in [3.8, 4) is 0 Å². The van der Waals surface area contributed by atoms with Crippen molar-refractivity contribution in [1.29, 1.82) is 0 Å². The highest BCUT2D eigenvalue weighted by molar-refractivity contribution is 5.51. The van der Waals surface area contributed by atoms with Crippen molar-refractivity contribution in [2.45, 2.75) is 70.9 Å². The molecule has 0 bridgehead atoms. The minimum absolute atomic E-state index is 0.110. The topological polar surface area (TPSA) is 12.0 Å². The molecular weight excluding hydrogens is 371 g/mol. The molecule has 1 N–H and O–H groups in total. The third-order valence-corrected chi connectivity index (χ3v) is 5.65. The number of hydrogen-bond acceptors (Lipinski definition) is 1. The molecule has 0 saturated heterocycles. The second-order valence-electron chi connectivity index (χ2n) is 9.65. The standard InChI is InChI=1S/C25H30F3N/c1-23(2,3)18-9-12-20(13-10-18)29-21-8-6-7-17-15-19(25(26,27)28)11-14-22(17)24(4,5)16-21/h8-15,29H,6-7,16H2,1-5H3/b21-8+. The van der Waals surface area contributed by atoms with Crippen LogP contribution in [0.25, 0.3) is 0 Å². The van der Waals surface area contributed by atoms with Crippen LogP contribution in [0.2, 0.25) is 0 Å². The van der Waals surface area contributed by atoms with Crippen LogP contribution in [0.1, 0.15) is 69.7 Å². The summed E-state index contributed by atoms with van der Waals surface area (Å²) in [6.45, 7) is 10.8. The molecule has 0 radical (unpaired) electrons. The summed E-state index contributed by atoms with van der Waals surface area (Å²) in [6.07, 6.45) is -0.109. The van der Waals surface area contributed by atoms with Crippen molar-refractivity contribution in [1.82, 2.24) is 0 Å². The van der Waals surface area contributed by atoms with Gasteiger partial charge in [0.05, 0.1) is 5.56 Å². The number of aryl methyl sites for hydroxylation is 1. The number of benzene rings is 2. The Bertz CT molecular complexity index is 897. The van der Waals surface area contributed by atoms with Gasteiger partial charge in [0.2, 0.25) is 0 Å². The zero-order valence-corrected chi connectivity index (χ0v) is 17.9. The van der Waals surface area contributed by atoms with Gasteiger partial charge in [-0.1, -0.05) is 58.9 Å². The first-order valence-electron chi connectivity index (χ1n) is 10.1. The predicted octanol–water partition coefficient (Wildman–Crippen LogP) is 7.61. The van der Waals surface area contributed by atoms with Gasteiger partial charge in [-0.05, 0) is 71.0 Å². The third-order valence-electron chi connectivity index (χ3n) is 5.65. The number of nitrogens with one attached hydrogen (secondary N) is 1. The highest BCUT2D eigenvalue weighted by atomic mass is 19.4. The van der Waals surface area contributed by atoms with Crippen molar-refractivity contribution in [3.63, 3.8) is 0 Å². The molecule has 1 nitrogen and oxygen atoms in total. The van der Waals surface area contributed by atoms with Gasteiger partial charge in [0.15, 0.2) is 0 Å². The molecule has 4 heteroatoms. The summed E-state index contributed by atoms with van der Waals surface area (Å²) in [6, 6.07) is 12.7. The van der Waals surface area contributed by atoms with Crippen LogP contribution in [0.15, 0.2) is 54.2 Å². The van der Waals surface area contributed by atoms with Crippen molar-refractivity contribution in [3.05, 3.63) is 76.5 Å². The molecule has 2 aromatic rings. The van der Waals surface area contributed by atoms with Crippen LogP contribution in [0.5, 0.6) is 0 Å². The van der Waals surface area contributed by atoms with E-state index in [1.54, 1.807) is 6.07 Å². The van der Waals surface area contributed by atoms with E-state index in [0.717, 1.165) is 28.9 Å². The van der Waals surface area contributed by atoms with E-state index >= 15 is 0 Å². The Morgan fingerprint density at radius 2 is 1.52 bits per heavy atom. The molecule has 0 aromatic heterocycles. The fourth-order valence-corrected chi connectivity index (χ4v) is 4.02. The quantitative estimate of drug-likeness (QED) is 0.546. The monoisotopic (exact) mass is 401 g/mol. The molecule has 1 aliphatic rings. The second kappa shape index (κ2) is 7.55. The zero-order valence-electron chi connectivity index (χ0n) is 17.9. The molecule has 3 rings (SSSR count). The fraction of sp³-hybridized carbons (Fsp3) is 0.440. The summed E-state index contributed by atoms with van der Waals surface area (Å²) in [5, 5.41) is 3.53. The normalized spacial score (nSPS) is 18.8. The second-order valence-corrected chi connectivity index (χ2v) is 9.65. The highest BCUT2D eigenvalue weighted by Crippen LogP contribution is 2.39. The van der Waals surface area contributed by atoms with Crippen molar-refractivity contribution >= 4 is 5.69 Å². The number of allylic oxidation sites excluding steroid dienone is 2. The molecule has 0 fully saturated rings. The average Bonchev–Trinajstić information content (AvgIpc) is 2.59. The fourth-order valence-electron chi connectivity index (χ4n) is 4.02. The number of alkyl halides is 3. The van der Waals surface area contributed by atoms with Crippen molar-refractivity contribution < 1.29 is 13.2 Å². The van der Waals surface area contributed by atoms with Crippen LogP contribution in [0.4, 0.5) is 18.9 Å². The molecular formula is C25H30F3N. The van der Waals surface area contributed by atoms with E-state index in [1.807, 2.05) is 0 Å². The minimum Gasteiger partial charge on any atom is -0.359 e. The Kier molecular flexibility index (Phi) is 5.59. The molecule has 1 aliphatic carbocycles. The van der Waals surface area contributed by atoms with Crippen LogP contribution in [0.3, 0.4) is 0 Å². The van der Waals surface area contributed by atoms with Gasteiger partial charge < -0.3 is 5.32 Å². The minimum atomic E-state index is -4.30. The Morgan fingerprint density at radius 3 is 2.10 bits per heavy atom. The Hall–Kier alpha value is -2.23. The van der Waals surface area contributed by atoms with Gasteiger partial charge in [-0.15, -0.1) is 0 Å². The lowest BCUT2D eigenvalue weighted by molar-refractivity contribution is -0.137. The van der Waals surface area contributed by atoms with E-state index in [9.17, 15) is 13.2 Å². The Balaban J connectivity index is 1.83. The largest absolute Gasteiger partial charge is 0.416 e. The smallest absolute Gasteiger partial charge is 0.359 e. The first kappa shape index (κ1) is 21.5. The number of hydrogen-bond donors (Lipinski definition) is 1. The molecule has 29 heavy (non-hydrogen) atoms. The van der Waals surface area contributed by atoms with Crippen LogP contribution in [-0.4, -0.2) is 0 Å². The lowest BCUT2D eigenvalue weighted by Gasteiger charge is -2.32. The summed E-state index contributed by atoms with van der Waals surface area (Å²) < 4.78 is 39.4. The first-order chi connectivity index (χ1) is 13.4. The van der Waals surface area contributed by atoms with Gasteiger partial charge in [0, 0.05) is 11.4 Å². The number of rotatable bonds is 2. The van der Waals surface area contributed by atoms with E-state index < -0.39 is 11.7 Å². The zero-order chi connectivity index (χ0) is 21.4. The van der Waals surface area contributed by atoms with E-state index in [2.05, 4.69) is 70.3 Å². The van der Waals surface area contributed by atoms with Gasteiger partial charge >= 0.3 is 6.18 Å². The van der Waals surface area contributed by atoms with E-state index in [-0.39, 0.29) is 10.8 Å². The van der Waals surface area contributed by atoms with Gasteiger partial charge in [0.1, 0.15) is 0 Å². The average molecular weight is 402 g/mol. The van der Waals surface area contributed by atoms with Gasteiger partial charge in [0.25, 0.3) is 0 Å². The Labute approximate surface area is 172 Å². The van der Waals surface area contributed by atoms with E-state index in [0.29, 0.717) is 12.8 Å². The van der Waals surface area contributed by atoms with Crippen LogP contribution in [-0.2, 0) is 23.4 Å². The van der Waals surface area contributed by atoms with Gasteiger partial charge in [-0.2, -0.15) is 13.2 Å². The summed E-state index contributed by atoms with van der Waals surface area (Å²) in [5.41, 5.74) is 4.52. The van der Waals surface area contributed by atoms with Gasteiger partial charge in [-0.3, -0.25) is 0 Å². The first-order valence-corrected chi connectivity index (χ1v) is 10.1. The molecule has 0 atom stereocenters. The summed E-state index contributed by atoms with van der Waals surface area (Å²) in [7, 11) is 0. The predicted molar refractivity (Wildman–Crippen MR) is 114 cm³/mol.